The van der Waals surface area contributed by atoms with Crippen molar-refractivity contribution in [3.05, 3.63) is 54.2 Å². The van der Waals surface area contributed by atoms with Gasteiger partial charge in [0.05, 0.1) is 23.3 Å². The summed E-state index contributed by atoms with van der Waals surface area (Å²) in [5.41, 5.74) is 3.37. The third-order valence-electron chi connectivity index (χ3n) is 4.28. The summed E-state index contributed by atoms with van der Waals surface area (Å²) >= 11 is 0. The molecular formula is C18H16N2O3S. The van der Waals surface area contributed by atoms with Gasteiger partial charge in [-0.05, 0) is 42.3 Å². The van der Waals surface area contributed by atoms with Gasteiger partial charge in [-0.15, -0.1) is 0 Å². The Balaban J connectivity index is 1.88. The first-order valence-corrected chi connectivity index (χ1v) is 9.28. The van der Waals surface area contributed by atoms with E-state index in [2.05, 4.69) is 10.3 Å². The molecule has 0 amide bonds. The Morgan fingerprint density at radius 2 is 2.04 bits per heavy atom. The van der Waals surface area contributed by atoms with Crippen molar-refractivity contribution in [1.29, 1.82) is 0 Å². The van der Waals surface area contributed by atoms with Crippen molar-refractivity contribution < 1.29 is 13.2 Å². The van der Waals surface area contributed by atoms with E-state index >= 15 is 0 Å². The van der Waals surface area contributed by atoms with Gasteiger partial charge in [-0.25, -0.2) is 8.42 Å². The van der Waals surface area contributed by atoms with Crippen LogP contribution in [-0.4, -0.2) is 26.3 Å². The van der Waals surface area contributed by atoms with E-state index in [0.717, 1.165) is 33.6 Å². The lowest BCUT2D eigenvalue weighted by molar-refractivity contribution is 0.415. The Kier molecular flexibility index (Phi) is 3.42. The highest BCUT2D eigenvalue weighted by molar-refractivity contribution is 7.91. The van der Waals surface area contributed by atoms with Crippen molar-refractivity contribution >= 4 is 32.1 Å². The number of benzene rings is 2. The standard InChI is InChI=1S/C18H16N2O3S/c1-23-13-4-2-3-12(11-13)20-16-7-9-19-15-5-6-17-14(18(15)16)8-10-24(17,21)22/h2-7,9,11H,8,10H2,1H3,(H,19,20). The first-order valence-electron chi connectivity index (χ1n) is 7.63. The smallest absolute Gasteiger partial charge is 0.179 e. The van der Waals surface area contributed by atoms with Gasteiger partial charge >= 0.3 is 0 Å². The van der Waals surface area contributed by atoms with Gasteiger partial charge in [0.1, 0.15) is 5.75 Å². The number of pyridine rings is 1. The van der Waals surface area contributed by atoms with E-state index in [1.54, 1.807) is 25.4 Å². The molecule has 0 saturated carbocycles. The maximum absolute atomic E-state index is 12.2. The zero-order valence-electron chi connectivity index (χ0n) is 13.1. The molecule has 6 heteroatoms. The number of aryl methyl sites for hydroxylation is 1. The number of nitrogens with one attached hydrogen (secondary N) is 1. The second kappa shape index (κ2) is 5.49. The van der Waals surface area contributed by atoms with Crippen molar-refractivity contribution in [3.8, 4) is 5.75 Å². The summed E-state index contributed by atoms with van der Waals surface area (Å²) in [7, 11) is -1.55. The summed E-state index contributed by atoms with van der Waals surface area (Å²) in [6, 6.07) is 12.9. The van der Waals surface area contributed by atoms with Crippen molar-refractivity contribution in [3.63, 3.8) is 0 Å². The molecule has 0 fully saturated rings. The Morgan fingerprint density at radius 3 is 2.88 bits per heavy atom. The fourth-order valence-electron chi connectivity index (χ4n) is 3.15. The molecule has 4 rings (SSSR count). The minimum Gasteiger partial charge on any atom is -0.497 e. The van der Waals surface area contributed by atoms with Gasteiger partial charge in [0.2, 0.25) is 0 Å². The van der Waals surface area contributed by atoms with Gasteiger partial charge < -0.3 is 10.1 Å². The van der Waals surface area contributed by atoms with Gasteiger partial charge in [-0.3, -0.25) is 4.98 Å². The lowest BCUT2D eigenvalue weighted by Crippen LogP contribution is -1.99. The second-order valence-corrected chi connectivity index (χ2v) is 7.80. The second-order valence-electron chi connectivity index (χ2n) is 5.72. The summed E-state index contributed by atoms with van der Waals surface area (Å²) in [4.78, 5) is 4.81. The molecule has 0 radical (unpaired) electrons. The SMILES string of the molecule is COc1cccc(Nc2ccnc3ccc4c(c23)CCS4(=O)=O)c1. The van der Waals surface area contributed by atoms with Gasteiger partial charge in [-0.2, -0.15) is 0 Å². The van der Waals surface area contributed by atoms with E-state index in [9.17, 15) is 8.42 Å². The van der Waals surface area contributed by atoms with Crippen LogP contribution in [0, 0.1) is 0 Å². The molecular weight excluding hydrogens is 324 g/mol. The van der Waals surface area contributed by atoms with Crippen LogP contribution < -0.4 is 10.1 Å². The molecule has 0 bridgehead atoms. The summed E-state index contributed by atoms with van der Waals surface area (Å²) in [6.45, 7) is 0. The summed E-state index contributed by atoms with van der Waals surface area (Å²) < 4.78 is 29.6. The highest BCUT2D eigenvalue weighted by atomic mass is 32.2. The molecule has 3 aromatic rings. The molecule has 2 aromatic carbocycles. The monoisotopic (exact) mass is 340 g/mol. The summed E-state index contributed by atoms with van der Waals surface area (Å²) in [5.74, 6) is 0.917. The normalized spacial score (nSPS) is 15.2. The molecule has 1 aromatic heterocycles. The van der Waals surface area contributed by atoms with E-state index in [0.29, 0.717) is 11.3 Å². The number of aromatic nitrogens is 1. The quantitative estimate of drug-likeness (QED) is 0.792. The third-order valence-corrected chi connectivity index (χ3v) is 6.07. The fraction of sp³-hybridized carbons (Fsp3) is 0.167. The molecule has 0 aliphatic carbocycles. The maximum Gasteiger partial charge on any atom is 0.179 e. The number of nitrogens with zero attached hydrogens (tertiary/aromatic N) is 1. The lowest BCUT2D eigenvalue weighted by Gasteiger charge is -2.13. The first-order chi connectivity index (χ1) is 11.6. The molecule has 0 unspecified atom stereocenters. The Labute approximate surface area is 140 Å². The fourth-order valence-corrected chi connectivity index (χ4v) is 4.69. The van der Waals surface area contributed by atoms with Crippen LogP contribution in [0.4, 0.5) is 11.4 Å². The highest BCUT2D eigenvalue weighted by Gasteiger charge is 2.28. The molecule has 0 saturated heterocycles. The summed E-state index contributed by atoms with van der Waals surface area (Å²) in [6.07, 6.45) is 2.24. The van der Waals surface area contributed by atoms with Gasteiger partial charge in [-0.1, -0.05) is 6.07 Å². The lowest BCUT2D eigenvalue weighted by atomic mass is 10.0. The highest BCUT2D eigenvalue weighted by Crippen LogP contribution is 2.36. The molecule has 2 heterocycles. The number of anilines is 2. The molecule has 1 N–H and O–H groups in total. The van der Waals surface area contributed by atoms with Crippen LogP contribution in [0.3, 0.4) is 0 Å². The van der Waals surface area contributed by atoms with E-state index in [1.807, 2.05) is 30.3 Å². The molecule has 24 heavy (non-hydrogen) atoms. The van der Waals surface area contributed by atoms with Crippen LogP contribution in [0.5, 0.6) is 5.75 Å². The number of hydrogen-bond acceptors (Lipinski definition) is 5. The Hall–Kier alpha value is -2.60. The van der Waals surface area contributed by atoms with Crippen LogP contribution in [0.1, 0.15) is 5.56 Å². The van der Waals surface area contributed by atoms with Crippen molar-refractivity contribution in [2.24, 2.45) is 0 Å². The van der Waals surface area contributed by atoms with E-state index < -0.39 is 9.84 Å². The molecule has 0 spiro atoms. The van der Waals surface area contributed by atoms with Crippen LogP contribution in [-0.2, 0) is 16.3 Å². The van der Waals surface area contributed by atoms with E-state index in [1.165, 1.54) is 0 Å². The average molecular weight is 340 g/mol. The van der Waals surface area contributed by atoms with Crippen LogP contribution >= 0.6 is 0 Å². The molecule has 1 aliphatic rings. The number of methoxy groups -OCH3 is 1. The van der Waals surface area contributed by atoms with E-state index in [4.69, 9.17) is 4.74 Å². The molecule has 5 nitrogen and oxygen atoms in total. The first kappa shape index (κ1) is 15.0. The zero-order chi connectivity index (χ0) is 16.7. The molecule has 122 valence electrons. The predicted molar refractivity (Wildman–Crippen MR) is 93.8 cm³/mol. The van der Waals surface area contributed by atoms with Gasteiger partial charge in [0.25, 0.3) is 0 Å². The average Bonchev–Trinajstić information content (AvgIpc) is 2.90. The minimum absolute atomic E-state index is 0.162. The molecule has 1 aliphatic heterocycles. The van der Waals surface area contributed by atoms with Crippen molar-refractivity contribution in [1.82, 2.24) is 4.98 Å². The van der Waals surface area contributed by atoms with Crippen LogP contribution in [0.2, 0.25) is 0 Å². The minimum atomic E-state index is -3.17. The Morgan fingerprint density at radius 1 is 1.17 bits per heavy atom. The molecule has 0 atom stereocenters. The van der Waals surface area contributed by atoms with Crippen molar-refractivity contribution in [2.45, 2.75) is 11.3 Å². The number of fused-ring (bicyclic) bond motifs is 3. The number of rotatable bonds is 3. The van der Waals surface area contributed by atoms with Gasteiger partial charge in [0, 0.05) is 29.0 Å². The van der Waals surface area contributed by atoms with Gasteiger partial charge in [0.15, 0.2) is 9.84 Å². The topological polar surface area (TPSA) is 68.3 Å². The largest absolute Gasteiger partial charge is 0.497 e. The van der Waals surface area contributed by atoms with Crippen LogP contribution in [0.15, 0.2) is 53.6 Å². The number of sulfone groups is 1. The third kappa shape index (κ3) is 2.39. The number of ether oxygens (including phenoxy) is 1. The van der Waals surface area contributed by atoms with E-state index in [-0.39, 0.29) is 5.75 Å². The maximum atomic E-state index is 12.2. The zero-order valence-corrected chi connectivity index (χ0v) is 13.9. The van der Waals surface area contributed by atoms with Crippen LogP contribution in [0.25, 0.3) is 10.9 Å². The Bertz CT molecular complexity index is 1050. The van der Waals surface area contributed by atoms with Crippen molar-refractivity contribution in [2.75, 3.05) is 18.2 Å². The summed E-state index contributed by atoms with van der Waals surface area (Å²) in [5, 5.41) is 4.24. The predicted octanol–water partition coefficient (Wildman–Crippen LogP) is 3.32. The number of hydrogen-bond donors (Lipinski definition) is 1.